The van der Waals surface area contributed by atoms with Crippen LogP contribution in [0.3, 0.4) is 0 Å². The fraction of sp³-hybridized carbons (Fsp3) is 0.500. The molecule has 0 bridgehead atoms. The van der Waals surface area contributed by atoms with Crippen LogP contribution in [0, 0.1) is 13.8 Å². The van der Waals surface area contributed by atoms with Crippen molar-refractivity contribution >= 4 is 5.91 Å². The maximum absolute atomic E-state index is 11.3. The summed E-state index contributed by atoms with van der Waals surface area (Å²) in [5, 5.41) is 2.94. The lowest BCUT2D eigenvalue weighted by molar-refractivity contribution is -0.121. The second-order valence-electron chi connectivity index (χ2n) is 4.28. The minimum absolute atomic E-state index is 0.160. The summed E-state index contributed by atoms with van der Waals surface area (Å²) in [5.74, 6) is 0.160. The second-order valence-corrected chi connectivity index (χ2v) is 4.28. The smallest absolute Gasteiger partial charge is 0.219 e. The van der Waals surface area contributed by atoms with Crippen LogP contribution in [0.5, 0.6) is 0 Å². The molecule has 0 aliphatic heterocycles. The van der Waals surface area contributed by atoms with Gasteiger partial charge in [-0.25, -0.2) is 0 Å². The maximum atomic E-state index is 11.3. The number of amides is 1. The standard InChI is InChI=1S/C14H21NO/c1-4-5-14(16)15-9-8-13-10-11(2)6-7-12(13)3/h6-7,10H,4-5,8-9H2,1-3H3,(H,15,16). The first-order chi connectivity index (χ1) is 7.63. The fourth-order valence-corrected chi connectivity index (χ4v) is 1.72. The van der Waals surface area contributed by atoms with Crippen LogP contribution in [-0.2, 0) is 11.2 Å². The van der Waals surface area contributed by atoms with Crippen LogP contribution in [0.1, 0.15) is 36.5 Å². The average molecular weight is 219 g/mol. The third-order valence-electron chi connectivity index (χ3n) is 2.70. The van der Waals surface area contributed by atoms with E-state index in [-0.39, 0.29) is 5.91 Å². The highest BCUT2D eigenvalue weighted by molar-refractivity contribution is 5.75. The van der Waals surface area contributed by atoms with Gasteiger partial charge in [-0.15, -0.1) is 0 Å². The van der Waals surface area contributed by atoms with Crippen molar-refractivity contribution in [2.75, 3.05) is 6.54 Å². The zero-order valence-electron chi connectivity index (χ0n) is 10.5. The van der Waals surface area contributed by atoms with Crippen molar-refractivity contribution in [1.82, 2.24) is 5.32 Å². The maximum Gasteiger partial charge on any atom is 0.219 e. The Kier molecular flexibility index (Phi) is 5.03. The van der Waals surface area contributed by atoms with Crippen molar-refractivity contribution in [1.29, 1.82) is 0 Å². The summed E-state index contributed by atoms with van der Waals surface area (Å²) < 4.78 is 0. The summed E-state index contributed by atoms with van der Waals surface area (Å²) in [6.45, 7) is 6.97. The van der Waals surface area contributed by atoms with Crippen LogP contribution in [0.2, 0.25) is 0 Å². The molecule has 0 unspecified atom stereocenters. The molecule has 1 N–H and O–H groups in total. The van der Waals surface area contributed by atoms with Gasteiger partial charge in [-0.3, -0.25) is 4.79 Å². The first-order valence-corrected chi connectivity index (χ1v) is 5.96. The Balaban J connectivity index is 2.42. The number of rotatable bonds is 5. The van der Waals surface area contributed by atoms with E-state index in [2.05, 4.69) is 37.4 Å². The van der Waals surface area contributed by atoms with E-state index >= 15 is 0 Å². The Morgan fingerprint density at radius 1 is 1.31 bits per heavy atom. The zero-order chi connectivity index (χ0) is 12.0. The molecular formula is C14H21NO. The van der Waals surface area contributed by atoms with Crippen LogP contribution in [0.4, 0.5) is 0 Å². The lowest BCUT2D eigenvalue weighted by Gasteiger charge is -2.08. The Labute approximate surface area is 98.1 Å². The molecular weight excluding hydrogens is 198 g/mol. The fourth-order valence-electron chi connectivity index (χ4n) is 1.72. The molecule has 16 heavy (non-hydrogen) atoms. The minimum Gasteiger partial charge on any atom is -0.356 e. The highest BCUT2D eigenvalue weighted by Crippen LogP contribution is 2.10. The topological polar surface area (TPSA) is 29.1 Å². The van der Waals surface area contributed by atoms with Gasteiger partial charge in [0.25, 0.3) is 0 Å². The number of benzene rings is 1. The van der Waals surface area contributed by atoms with Crippen LogP contribution < -0.4 is 5.32 Å². The molecule has 1 aromatic carbocycles. The van der Waals surface area contributed by atoms with Gasteiger partial charge in [0, 0.05) is 13.0 Å². The number of hydrogen-bond acceptors (Lipinski definition) is 1. The minimum atomic E-state index is 0.160. The van der Waals surface area contributed by atoms with Gasteiger partial charge in [0.2, 0.25) is 5.91 Å². The Hall–Kier alpha value is -1.31. The average Bonchev–Trinajstić information content (AvgIpc) is 2.23. The van der Waals surface area contributed by atoms with E-state index in [9.17, 15) is 4.79 Å². The van der Waals surface area contributed by atoms with Gasteiger partial charge in [-0.05, 0) is 37.8 Å². The molecule has 1 amide bonds. The summed E-state index contributed by atoms with van der Waals surface area (Å²) in [6, 6.07) is 6.45. The summed E-state index contributed by atoms with van der Waals surface area (Å²) in [4.78, 5) is 11.3. The summed E-state index contributed by atoms with van der Waals surface area (Å²) in [5.41, 5.74) is 3.91. The predicted octanol–water partition coefficient (Wildman–Crippen LogP) is 2.76. The van der Waals surface area contributed by atoms with Gasteiger partial charge in [0.1, 0.15) is 0 Å². The van der Waals surface area contributed by atoms with E-state index in [4.69, 9.17) is 0 Å². The number of carbonyl (C=O) groups is 1. The van der Waals surface area contributed by atoms with Crippen molar-refractivity contribution in [2.24, 2.45) is 0 Å². The van der Waals surface area contributed by atoms with E-state index in [0.29, 0.717) is 6.42 Å². The molecule has 0 aliphatic carbocycles. The third-order valence-corrected chi connectivity index (χ3v) is 2.70. The molecule has 2 heteroatoms. The van der Waals surface area contributed by atoms with Gasteiger partial charge < -0.3 is 5.32 Å². The zero-order valence-corrected chi connectivity index (χ0v) is 10.5. The van der Waals surface area contributed by atoms with E-state index in [1.165, 1.54) is 16.7 Å². The molecule has 0 atom stereocenters. The lowest BCUT2D eigenvalue weighted by Crippen LogP contribution is -2.25. The number of nitrogens with one attached hydrogen (secondary N) is 1. The molecule has 1 rings (SSSR count). The van der Waals surface area contributed by atoms with Crippen LogP contribution in [0.15, 0.2) is 18.2 Å². The molecule has 0 radical (unpaired) electrons. The van der Waals surface area contributed by atoms with Gasteiger partial charge in [0.05, 0.1) is 0 Å². The van der Waals surface area contributed by atoms with E-state index in [1.807, 2.05) is 6.92 Å². The largest absolute Gasteiger partial charge is 0.356 e. The first-order valence-electron chi connectivity index (χ1n) is 5.96. The highest BCUT2D eigenvalue weighted by atomic mass is 16.1. The normalized spacial score (nSPS) is 10.2. The van der Waals surface area contributed by atoms with E-state index in [1.54, 1.807) is 0 Å². The molecule has 0 heterocycles. The van der Waals surface area contributed by atoms with Crippen molar-refractivity contribution in [3.05, 3.63) is 34.9 Å². The van der Waals surface area contributed by atoms with Gasteiger partial charge >= 0.3 is 0 Å². The van der Waals surface area contributed by atoms with Crippen LogP contribution in [-0.4, -0.2) is 12.5 Å². The Morgan fingerprint density at radius 2 is 2.06 bits per heavy atom. The van der Waals surface area contributed by atoms with Crippen LogP contribution >= 0.6 is 0 Å². The number of hydrogen-bond donors (Lipinski definition) is 1. The highest BCUT2D eigenvalue weighted by Gasteiger charge is 2.01. The second kappa shape index (κ2) is 6.31. The predicted molar refractivity (Wildman–Crippen MR) is 67.5 cm³/mol. The third kappa shape index (κ3) is 4.05. The SMILES string of the molecule is CCCC(=O)NCCc1cc(C)ccc1C. The lowest BCUT2D eigenvalue weighted by atomic mass is 10.0. The van der Waals surface area contributed by atoms with Gasteiger partial charge in [-0.1, -0.05) is 30.7 Å². The van der Waals surface area contributed by atoms with E-state index in [0.717, 1.165) is 19.4 Å². The summed E-state index contributed by atoms with van der Waals surface area (Å²) >= 11 is 0. The molecule has 0 saturated heterocycles. The molecule has 0 spiro atoms. The first kappa shape index (κ1) is 12.8. The van der Waals surface area contributed by atoms with Crippen molar-refractivity contribution < 1.29 is 4.79 Å². The van der Waals surface area contributed by atoms with Gasteiger partial charge in [0.15, 0.2) is 0 Å². The van der Waals surface area contributed by atoms with Crippen LogP contribution in [0.25, 0.3) is 0 Å². The number of aryl methyl sites for hydroxylation is 2. The Morgan fingerprint density at radius 3 is 2.75 bits per heavy atom. The van der Waals surface area contributed by atoms with E-state index < -0.39 is 0 Å². The Bertz CT molecular complexity index is 358. The quantitative estimate of drug-likeness (QED) is 0.810. The molecule has 0 saturated carbocycles. The van der Waals surface area contributed by atoms with Crippen molar-refractivity contribution in [3.8, 4) is 0 Å². The van der Waals surface area contributed by atoms with Crippen molar-refractivity contribution in [2.45, 2.75) is 40.0 Å². The molecule has 0 aliphatic rings. The molecule has 0 fully saturated rings. The monoisotopic (exact) mass is 219 g/mol. The number of carbonyl (C=O) groups excluding carboxylic acids is 1. The van der Waals surface area contributed by atoms with Crippen molar-refractivity contribution in [3.63, 3.8) is 0 Å². The molecule has 1 aromatic rings. The molecule has 2 nitrogen and oxygen atoms in total. The summed E-state index contributed by atoms with van der Waals surface area (Å²) in [7, 11) is 0. The summed E-state index contributed by atoms with van der Waals surface area (Å²) in [6.07, 6.45) is 2.46. The van der Waals surface area contributed by atoms with Gasteiger partial charge in [-0.2, -0.15) is 0 Å². The molecule has 88 valence electrons. The molecule has 0 aromatic heterocycles.